The van der Waals surface area contributed by atoms with Gasteiger partial charge < -0.3 is 31.5 Å². The monoisotopic (exact) mass is 358 g/mol. The average molecular weight is 358 g/mol. The second-order valence-electron chi connectivity index (χ2n) is 6.16. The number of aliphatic hydroxyl groups excluding tert-OH is 2. The van der Waals surface area contributed by atoms with E-state index in [4.69, 9.17) is 10.8 Å². The van der Waals surface area contributed by atoms with Gasteiger partial charge in [0.25, 0.3) is 0 Å². The first kappa shape index (κ1) is 19.9. The predicted octanol–water partition coefficient (Wildman–Crippen LogP) is 2.36. The number of aliphatic hydroxyl groups is 2. The predicted molar refractivity (Wildman–Crippen MR) is 110 cm³/mol. The highest BCUT2D eigenvalue weighted by molar-refractivity contribution is 5.55. The van der Waals surface area contributed by atoms with Gasteiger partial charge >= 0.3 is 0 Å². The van der Waals surface area contributed by atoms with Crippen LogP contribution >= 0.6 is 0 Å². The fourth-order valence-corrected chi connectivity index (χ4v) is 2.74. The van der Waals surface area contributed by atoms with Gasteiger partial charge in [-0.25, -0.2) is 0 Å². The van der Waals surface area contributed by atoms with Crippen LogP contribution in [0.2, 0.25) is 0 Å². The number of nitrogen functional groups attached to an aromatic ring is 1. The van der Waals surface area contributed by atoms with Gasteiger partial charge in [-0.1, -0.05) is 0 Å². The van der Waals surface area contributed by atoms with Gasteiger partial charge in [-0.15, -0.1) is 0 Å². The molecule has 26 heavy (non-hydrogen) atoms. The highest BCUT2D eigenvalue weighted by Crippen LogP contribution is 2.18. The van der Waals surface area contributed by atoms with Crippen LogP contribution in [0.1, 0.15) is 12.8 Å². The lowest BCUT2D eigenvalue weighted by atomic mass is 10.2. The Morgan fingerprint density at radius 3 is 1.96 bits per heavy atom. The van der Waals surface area contributed by atoms with Crippen LogP contribution in [-0.2, 0) is 0 Å². The number of benzene rings is 2. The molecule has 0 radical (unpaired) electrons. The lowest BCUT2D eigenvalue weighted by Gasteiger charge is -2.24. The third-order valence-corrected chi connectivity index (χ3v) is 4.14. The van der Waals surface area contributed by atoms with Crippen LogP contribution < -0.4 is 21.3 Å². The van der Waals surface area contributed by atoms with Crippen molar-refractivity contribution in [3.05, 3.63) is 48.5 Å². The molecule has 0 bridgehead atoms. The van der Waals surface area contributed by atoms with E-state index in [2.05, 4.69) is 15.5 Å². The number of hydrogen-bond donors (Lipinski definition) is 5. The molecule has 0 amide bonds. The van der Waals surface area contributed by atoms with Crippen molar-refractivity contribution in [3.8, 4) is 0 Å². The van der Waals surface area contributed by atoms with Crippen molar-refractivity contribution < 1.29 is 10.2 Å². The highest BCUT2D eigenvalue weighted by atomic mass is 16.3. The van der Waals surface area contributed by atoms with E-state index in [9.17, 15) is 5.11 Å². The van der Waals surface area contributed by atoms with Gasteiger partial charge in [0.2, 0.25) is 0 Å². The first-order chi connectivity index (χ1) is 12.7. The molecule has 0 aliphatic carbocycles. The number of nitrogens with one attached hydrogen (secondary N) is 2. The van der Waals surface area contributed by atoms with E-state index >= 15 is 0 Å². The van der Waals surface area contributed by atoms with Gasteiger partial charge in [-0.05, 0) is 61.4 Å². The summed E-state index contributed by atoms with van der Waals surface area (Å²) >= 11 is 0. The van der Waals surface area contributed by atoms with Crippen LogP contribution in [-0.4, -0.2) is 49.6 Å². The molecule has 0 spiro atoms. The molecule has 0 heterocycles. The number of unbranched alkanes of at least 4 members (excludes halogenated alkanes) is 1. The molecule has 0 aliphatic rings. The minimum absolute atomic E-state index is 0.114. The smallest absolute Gasteiger partial charge is 0.0606 e. The SMILES string of the molecule is Nc1ccc(NCCCCN(CCO)c2ccc(NCCO)cc2)cc1. The molecule has 0 atom stereocenters. The minimum Gasteiger partial charge on any atom is -0.399 e. The van der Waals surface area contributed by atoms with Gasteiger partial charge in [0.1, 0.15) is 0 Å². The normalized spacial score (nSPS) is 10.5. The molecule has 142 valence electrons. The van der Waals surface area contributed by atoms with Crippen LogP contribution in [0.4, 0.5) is 22.7 Å². The van der Waals surface area contributed by atoms with Crippen LogP contribution in [0, 0.1) is 0 Å². The van der Waals surface area contributed by atoms with Crippen LogP contribution in [0.25, 0.3) is 0 Å². The quantitative estimate of drug-likeness (QED) is 0.295. The third-order valence-electron chi connectivity index (χ3n) is 4.14. The van der Waals surface area contributed by atoms with Crippen LogP contribution in [0.3, 0.4) is 0 Å². The van der Waals surface area contributed by atoms with Crippen molar-refractivity contribution in [1.82, 2.24) is 0 Å². The molecule has 0 saturated carbocycles. The molecule has 2 rings (SSSR count). The van der Waals surface area contributed by atoms with E-state index in [0.717, 1.165) is 48.7 Å². The summed E-state index contributed by atoms with van der Waals surface area (Å²) in [5.74, 6) is 0. The maximum absolute atomic E-state index is 9.34. The first-order valence-electron chi connectivity index (χ1n) is 9.13. The Hall–Kier alpha value is -2.44. The molecule has 6 heteroatoms. The largest absolute Gasteiger partial charge is 0.399 e. The summed E-state index contributed by atoms with van der Waals surface area (Å²) < 4.78 is 0. The maximum atomic E-state index is 9.34. The zero-order valence-corrected chi connectivity index (χ0v) is 15.2. The Bertz CT molecular complexity index is 617. The summed E-state index contributed by atoms with van der Waals surface area (Å²) in [6.07, 6.45) is 2.08. The number of nitrogens with zero attached hydrogens (tertiary/aromatic N) is 1. The van der Waals surface area contributed by atoms with E-state index < -0.39 is 0 Å². The van der Waals surface area contributed by atoms with E-state index in [1.165, 1.54) is 0 Å². The Kier molecular flexibility index (Phi) is 8.59. The van der Waals surface area contributed by atoms with Crippen molar-refractivity contribution in [1.29, 1.82) is 0 Å². The Balaban J connectivity index is 1.75. The van der Waals surface area contributed by atoms with Crippen molar-refractivity contribution >= 4 is 22.7 Å². The molecule has 0 aliphatic heterocycles. The van der Waals surface area contributed by atoms with Gasteiger partial charge in [0, 0.05) is 48.9 Å². The van der Waals surface area contributed by atoms with Crippen LogP contribution in [0.5, 0.6) is 0 Å². The summed E-state index contributed by atoms with van der Waals surface area (Å²) in [5.41, 5.74) is 9.62. The molecule has 6 nitrogen and oxygen atoms in total. The zero-order valence-electron chi connectivity index (χ0n) is 15.2. The van der Waals surface area contributed by atoms with Gasteiger partial charge in [-0.3, -0.25) is 0 Å². The van der Waals surface area contributed by atoms with Crippen LogP contribution in [0.15, 0.2) is 48.5 Å². The van der Waals surface area contributed by atoms with E-state index in [0.29, 0.717) is 13.1 Å². The Labute approximate surface area is 155 Å². The van der Waals surface area contributed by atoms with Gasteiger partial charge in [0.05, 0.1) is 13.2 Å². The Morgan fingerprint density at radius 1 is 0.731 bits per heavy atom. The number of anilines is 4. The second-order valence-corrected chi connectivity index (χ2v) is 6.16. The molecule has 0 unspecified atom stereocenters. The van der Waals surface area contributed by atoms with E-state index in [-0.39, 0.29) is 13.2 Å². The molecular weight excluding hydrogens is 328 g/mol. The highest BCUT2D eigenvalue weighted by Gasteiger charge is 2.06. The molecule has 0 fully saturated rings. The lowest BCUT2D eigenvalue weighted by Crippen LogP contribution is -2.28. The fraction of sp³-hybridized carbons (Fsp3) is 0.400. The van der Waals surface area contributed by atoms with E-state index in [1.807, 2.05) is 48.5 Å². The fourth-order valence-electron chi connectivity index (χ4n) is 2.74. The summed E-state index contributed by atoms with van der Waals surface area (Å²) in [7, 11) is 0. The van der Waals surface area contributed by atoms with Crippen molar-refractivity contribution in [3.63, 3.8) is 0 Å². The second kappa shape index (κ2) is 11.2. The first-order valence-corrected chi connectivity index (χ1v) is 9.13. The average Bonchev–Trinajstić information content (AvgIpc) is 2.67. The van der Waals surface area contributed by atoms with Crippen molar-refractivity contribution in [2.75, 3.05) is 60.7 Å². The van der Waals surface area contributed by atoms with Gasteiger partial charge in [0.15, 0.2) is 0 Å². The number of rotatable bonds is 12. The molecule has 6 N–H and O–H groups in total. The molecular formula is C20H30N4O2. The van der Waals surface area contributed by atoms with Crippen molar-refractivity contribution in [2.45, 2.75) is 12.8 Å². The lowest BCUT2D eigenvalue weighted by molar-refractivity contribution is 0.301. The topological polar surface area (TPSA) is 93.8 Å². The molecule has 2 aromatic rings. The number of hydrogen-bond acceptors (Lipinski definition) is 6. The summed E-state index contributed by atoms with van der Waals surface area (Å²) in [5, 5.41) is 24.7. The summed E-state index contributed by atoms with van der Waals surface area (Å²) in [6.45, 7) is 3.21. The van der Waals surface area contributed by atoms with E-state index in [1.54, 1.807) is 0 Å². The molecule has 2 aromatic carbocycles. The Morgan fingerprint density at radius 2 is 1.35 bits per heavy atom. The van der Waals surface area contributed by atoms with Crippen molar-refractivity contribution in [2.24, 2.45) is 0 Å². The summed E-state index contributed by atoms with van der Waals surface area (Å²) in [4.78, 5) is 2.19. The zero-order chi connectivity index (χ0) is 18.6. The minimum atomic E-state index is 0.114. The molecule has 0 aromatic heterocycles. The third kappa shape index (κ3) is 6.82. The maximum Gasteiger partial charge on any atom is 0.0606 e. The van der Waals surface area contributed by atoms with Gasteiger partial charge in [-0.2, -0.15) is 0 Å². The molecule has 0 saturated heterocycles. The summed E-state index contributed by atoms with van der Waals surface area (Å²) in [6, 6.07) is 15.8. The standard InChI is InChI=1S/C20H30N4O2/c21-17-3-5-18(6-4-17)22-11-1-2-13-24(14-16-26)20-9-7-19(8-10-20)23-12-15-25/h3-10,22-23,25-26H,1-2,11-16,21H2. The number of nitrogens with two attached hydrogens (primary N) is 1.